The van der Waals surface area contributed by atoms with Gasteiger partial charge in [0.15, 0.2) is 0 Å². The fraction of sp³-hybridized carbons (Fsp3) is 1.00. The number of rotatable bonds is 7. The van der Waals surface area contributed by atoms with Crippen molar-refractivity contribution >= 4 is 0 Å². The molecule has 0 amide bonds. The molecule has 2 unspecified atom stereocenters. The summed E-state index contributed by atoms with van der Waals surface area (Å²) in [5.74, 6) is 3.67. The van der Waals surface area contributed by atoms with Gasteiger partial charge in [-0.2, -0.15) is 0 Å². The molecule has 2 atom stereocenters. The molecule has 0 nitrogen and oxygen atoms in total. The van der Waals surface area contributed by atoms with Crippen molar-refractivity contribution < 1.29 is 0 Å². The van der Waals surface area contributed by atoms with Gasteiger partial charge >= 0.3 is 0 Å². The van der Waals surface area contributed by atoms with Gasteiger partial charge in [-0.05, 0) is 23.7 Å². The van der Waals surface area contributed by atoms with E-state index in [-0.39, 0.29) is 0 Å². The Morgan fingerprint density at radius 2 is 0.786 bits per heavy atom. The SMILES string of the molecule is CCC(CC)C(C)C(C)C(CC)CC. The zero-order valence-electron chi connectivity index (χ0n) is 11.1. The van der Waals surface area contributed by atoms with Gasteiger partial charge in [-0.1, -0.05) is 67.2 Å². The molecule has 0 aromatic heterocycles. The van der Waals surface area contributed by atoms with Gasteiger partial charge in [0.25, 0.3) is 0 Å². The van der Waals surface area contributed by atoms with Gasteiger partial charge in [0.05, 0.1) is 0 Å². The molecule has 0 N–H and O–H groups in total. The third kappa shape index (κ3) is 3.63. The molecule has 0 fully saturated rings. The van der Waals surface area contributed by atoms with E-state index < -0.39 is 0 Å². The topological polar surface area (TPSA) is 0 Å². The maximum Gasteiger partial charge on any atom is -0.0386 e. The van der Waals surface area contributed by atoms with E-state index >= 15 is 0 Å². The molecule has 0 heterocycles. The lowest BCUT2D eigenvalue weighted by atomic mass is 9.73. The summed E-state index contributed by atoms with van der Waals surface area (Å²) in [6.45, 7) is 14.3. The average molecular weight is 198 g/mol. The first kappa shape index (κ1) is 14.0. The van der Waals surface area contributed by atoms with Crippen molar-refractivity contribution in [2.75, 3.05) is 0 Å². The van der Waals surface area contributed by atoms with Crippen LogP contribution in [0.15, 0.2) is 0 Å². The van der Waals surface area contributed by atoms with Crippen molar-refractivity contribution in [1.82, 2.24) is 0 Å². The summed E-state index contributed by atoms with van der Waals surface area (Å²) in [7, 11) is 0. The fourth-order valence-electron chi connectivity index (χ4n) is 2.92. The summed E-state index contributed by atoms with van der Waals surface area (Å²) in [4.78, 5) is 0. The zero-order chi connectivity index (χ0) is 11.1. The van der Waals surface area contributed by atoms with Crippen LogP contribution in [0.2, 0.25) is 0 Å². The van der Waals surface area contributed by atoms with E-state index in [0.29, 0.717) is 0 Å². The van der Waals surface area contributed by atoms with Crippen LogP contribution in [-0.2, 0) is 0 Å². The van der Waals surface area contributed by atoms with Crippen molar-refractivity contribution in [2.45, 2.75) is 67.2 Å². The molecule has 0 spiro atoms. The third-order valence-corrected chi connectivity index (χ3v) is 4.41. The predicted octanol–water partition coefficient (Wildman–Crippen LogP) is 5.13. The first-order valence-electron chi connectivity index (χ1n) is 6.62. The molecular weight excluding hydrogens is 168 g/mol. The van der Waals surface area contributed by atoms with E-state index in [4.69, 9.17) is 0 Å². The van der Waals surface area contributed by atoms with Crippen LogP contribution in [0, 0.1) is 23.7 Å². The molecule has 0 rings (SSSR count). The minimum absolute atomic E-state index is 0.898. The molecule has 0 aromatic carbocycles. The predicted molar refractivity (Wildman–Crippen MR) is 66.5 cm³/mol. The highest BCUT2D eigenvalue weighted by Gasteiger charge is 2.24. The Morgan fingerprint density at radius 3 is 0.929 bits per heavy atom. The second-order valence-electron chi connectivity index (χ2n) is 4.87. The standard InChI is InChI=1S/C14H30/c1-7-13(8-2)11(5)12(6)14(9-3)10-4/h11-14H,7-10H2,1-6H3. The van der Waals surface area contributed by atoms with Gasteiger partial charge in [-0.15, -0.1) is 0 Å². The monoisotopic (exact) mass is 198 g/mol. The lowest BCUT2D eigenvalue weighted by Gasteiger charge is -2.32. The number of hydrogen-bond acceptors (Lipinski definition) is 0. The van der Waals surface area contributed by atoms with E-state index in [0.717, 1.165) is 23.7 Å². The molecule has 0 saturated heterocycles. The summed E-state index contributed by atoms with van der Waals surface area (Å²) in [6.07, 6.45) is 5.40. The summed E-state index contributed by atoms with van der Waals surface area (Å²) in [5, 5.41) is 0. The van der Waals surface area contributed by atoms with Crippen LogP contribution >= 0.6 is 0 Å². The lowest BCUT2D eigenvalue weighted by Crippen LogP contribution is -2.24. The fourth-order valence-corrected chi connectivity index (χ4v) is 2.92. The molecule has 14 heavy (non-hydrogen) atoms. The van der Waals surface area contributed by atoms with Crippen molar-refractivity contribution in [3.05, 3.63) is 0 Å². The Bertz CT molecular complexity index is 104. The van der Waals surface area contributed by atoms with Crippen LogP contribution < -0.4 is 0 Å². The highest BCUT2D eigenvalue weighted by atomic mass is 14.3. The van der Waals surface area contributed by atoms with E-state index in [9.17, 15) is 0 Å². The van der Waals surface area contributed by atoms with Crippen LogP contribution in [0.3, 0.4) is 0 Å². The van der Waals surface area contributed by atoms with Crippen LogP contribution in [0.25, 0.3) is 0 Å². The van der Waals surface area contributed by atoms with Crippen LogP contribution in [0.4, 0.5) is 0 Å². The summed E-state index contributed by atoms with van der Waals surface area (Å²) >= 11 is 0. The van der Waals surface area contributed by atoms with Crippen molar-refractivity contribution in [2.24, 2.45) is 23.7 Å². The Hall–Kier alpha value is 0. The quantitative estimate of drug-likeness (QED) is 0.532. The lowest BCUT2D eigenvalue weighted by molar-refractivity contribution is 0.176. The normalized spacial score (nSPS) is 16.3. The Balaban J connectivity index is 4.26. The van der Waals surface area contributed by atoms with Gasteiger partial charge in [0, 0.05) is 0 Å². The molecule has 0 radical (unpaired) electrons. The molecule has 0 saturated carbocycles. The third-order valence-electron chi connectivity index (χ3n) is 4.41. The van der Waals surface area contributed by atoms with Gasteiger partial charge < -0.3 is 0 Å². The Morgan fingerprint density at radius 1 is 0.571 bits per heavy atom. The second-order valence-corrected chi connectivity index (χ2v) is 4.87. The van der Waals surface area contributed by atoms with E-state index in [1.807, 2.05) is 0 Å². The summed E-state index contributed by atoms with van der Waals surface area (Å²) in [6, 6.07) is 0. The Kier molecular flexibility index (Phi) is 7.31. The van der Waals surface area contributed by atoms with Crippen molar-refractivity contribution in [1.29, 1.82) is 0 Å². The van der Waals surface area contributed by atoms with Gasteiger partial charge in [-0.25, -0.2) is 0 Å². The van der Waals surface area contributed by atoms with Crippen molar-refractivity contribution in [3.8, 4) is 0 Å². The molecule has 0 bridgehead atoms. The molecule has 0 aromatic rings. The first-order valence-corrected chi connectivity index (χ1v) is 6.62. The van der Waals surface area contributed by atoms with Crippen molar-refractivity contribution in [3.63, 3.8) is 0 Å². The summed E-state index contributed by atoms with van der Waals surface area (Å²) < 4.78 is 0. The summed E-state index contributed by atoms with van der Waals surface area (Å²) in [5.41, 5.74) is 0. The minimum Gasteiger partial charge on any atom is -0.0651 e. The number of hydrogen-bond donors (Lipinski definition) is 0. The molecule has 0 aliphatic rings. The van der Waals surface area contributed by atoms with Gasteiger partial charge in [-0.3, -0.25) is 0 Å². The maximum atomic E-state index is 2.46. The second kappa shape index (κ2) is 7.31. The average Bonchev–Trinajstić information content (AvgIpc) is 2.21. The Labute approximate surface area is 91.5 Å². The molecule has 0 aliphatic heterocycles. The van der Waals surface area contributed by atoms with Gasteiger partial charge in [0.2, 0.25) is 0 Å². The van der Waals surface area contributed by atoms with Crippen LogP contribution in [0.1, 0.15) is 67.2 Å². The first-order chi connectivity index (χ1) is 6.62. The van der Waals surface area contributed by atoms with Crippen LogP contribution in [-0.4, -0.2) is 0 Å². The highest BCUT2D eigenvalue weighted by molar-refractivity contribution is 4.74. The van der Waals surface area contributed by atoms with Gasteiger partial charge in [0.1, 0.15) is 0 Å². The van der Waals surface area contributed by atoms with E-state index in [2.05, 4.69) is 41.5 Å². The van der Waals surface area contributed by atoms with E-state index in [1.54, 1.807) is 0 Å². The molecule has 86 valence electrons. The molecular formula is C14H30. The maximum absolute atomic E-state index is 2.46. The highest BCUT2D eigenvalue weighted by Crippen LogP contribution is 2.33. The van der Waals surface area contributed by atoms with Crippen LogP contribution in [0.5, 0.6) is 0 Å². The zero-order valence-corrected chi connectivity index (χ0v) is 11.1. The smallest absolute Gasteiger partial charge is 0.0386 e. The largest absolute Gasteiger partial charge is 0.0651 e. The van der Waals surface area contributed by atoms with E-state index in [1.165, 1.54) is 25.7 Å². The molecule has 0 aliphatic carbocycles. The minimum atomic E-state index is 0.898. The molecule has 0 heteroatoms.